The molecule has 0 fully saturated rings. The number of nitroso groups, excluding NO2 is 1. The van der Waals surface area contributed by atoms with E-state index in [0.717, 1.165) is 0 Å². The van der Waals surface area contributed by atoms with Gasteiger partial charge in [-0.05, 0) is 24.2 Å². The zero-order valence-corrected chi connectivity index (χ0v) is 9.15. The number of hydrogen-bond acceptors (Lipinski definition) is 3. The van der Waals surface area contributed by atoms with E-state index < -0.39 is 5.56 Å². The average molecular weight is 238 g/mol. The number of benzene rings is 1. The molecule has 0 aliphatic heterocycles. The van der Waals surface area contributed by atoms with Crippen molar-refractivity contribution in [1.29, 1.82) is 0 Å². The van der Waals surface area contributed by atoms with E-state index in [0.29, 0.717) is 16.4 Å². The van der Waals surface area contributed by atoms with Crippen LogP contribution >= 0.6 is 11.6 Å². The number of halogens is 1. The van der Waals surface area contributed by atoms with E-state index in [-0.39, 0.29) is 5.69 Å². The summed E-state index contributed by atoms with van der Waals surface area (Å²) in [6.45, 7) is 1.60. The second-order valence-corrected chi connectivity index (χ2v) is 3.68. The lowest BCUT2D eigenvalue weighted by Gasteiger charge is -2.02. The number of aromatic nitrogens is 2. The lowest BCUT2D eigenvalue weighted by molar-refractivity contribution is 0.835. The molecule has 0 aliphatic rings. The van der Waals surface area contributed by atoms with E-state index in [9.17, 15) is 9.70 Å². The van der Waals surface area contributed by atoms with Gasteiger partial charge in [-0.2, -0.15) is 0 Å². The second kappa shape index (κ2) is 3.94. The van der Waals surface area contributed by atoms with Gasteiger partial charge in [0.05, 0.1) is 16.4 Å². The maximum absolute atomic E-state index is 11.8. The molecule has 0 spiro atoms. The number of rotatable bonds is 2. The molecule has 0 radical (unpaired) electrons. The molecule has 6 heteroatoms. The summed E-state index contributed by atoms with van der Waals surface area (Å²) >= 11 is 5.95. The molecule has 1 aromatic heterocycles. The van der Waals surface area contributed by atoms with Gasteiger partial charge in [0.15, 0.2) is 5.69 Å². The quantitative estimate of drug-likeness (QED) is 0.816. The zero-order chi connectivity index (χ0) is 11.7. The fourth-order valence-corrected chi connectivity index (χ4v) is 1.67. The van der Waals surface area contributed by atoms with Crippen LogP contribution in [0.25, 0.3) is 5.69 Å². The van der Waals surface area contributed by atoms with Crippen LogP contribution in [0.2, 0.25) is 5.02 Å². The van der Waals surface area contributed by atoms with E-state index in [4.69, 9.17) is 11.6 Å². The number of hydrogen-bond donors (Lipinski definition) is 1. The molecule has 0 amide bonds. The summed E-state index contributed by atoms with van der Waals surface area (Å²) in [5.41, 5.74) is 0.285. The number of H-pyrrole nitrogens is 1. The minimum Gasteiger partial charge on any atom is -0.293 e. The Hall–Kier alpha value is -1.88. The smallest absolute Gasteiger partial charge is 0.293 e. The summed E-state index contributed by atoms with van der Waals surface area (Å²) < 4.78 is 1.20. The fraction of sp³-hybridized carbons (Fsp3) is 0.100. The van der Waals surface area contributed by atoms with Crippen LogP contribution in [0.15, 0.2) is 34.2 Å². The van der Waals surface area contributed by atoms with E-state index in [1.165, 1.54) is 4.68 Å². The van der Waals surface area contributed by atoms with Crippen LogP contribution < -0.4 is 5.56 Å². The van der Waals surface area contributed by atoms with Crippen LogP contribution in [0.1, 0.15) is 5.69 Å². The van der Waals surface area contributed by atoms with Crippen molar-refractivity contribution in [3.05, 3.63) is 50.2 Å². The zero-order valence-electron chi connectivity index (χ0n) is 8.40. The van der Waals surface area contributed by atoms with Crippen LogP contribution in [0, 0.1) is 11.8 Å². The third-order valence-electron chi connectivity index (χ3n) is 2.23. The van der Waals surface area contributed by atoms with Crippen molar-refractivity contribution in [3.63, 3.8) is 0 Å². The summed E-state index contributed by atoms with van der Waals surface area (Å²) in [5.74, 6) is 0. The molecule has 0 atom stereocenters. The van der Waals surface area contributed by atoms with Crippen LogP contribution in [0.5, 0.6) is 0 Å². The van der Waals surface area contributed by atoms with Crippen molar-refractivity contribution in [2.24, 2.45) is 5.18 Å². The first kappa shape index (κ1) is 10.6. The van der Waals surface area contributed by atoms with Gasteiger partial charge in [-0.25, -0.2) is 4.68 Å². The van der Waals surface area contributed by atoms with Gasteiger partial charge in [0.25, 0.3) is 0 Å². The van der Waals surface area contributed by atoms with Gasteiger partial charge in [0, 0.05) is 0 Å². The monoisotopic (exact) mass is 237 g/mol. The van der Waals surface area contributed by atoms with Gasteiger partial charge in [-0.1, -0.05) is 23.7 Å². The van der Waals surface area contributed by atoms with Crippen molar-refractivity contribution in [2.75, 3.05) is 0 Å². The number of para-hydroxylation sites is 1. The summed E-state index contributed by atoms with van der Waals surface area (Å²) in [7, 11) is 0. The number of nitrogens with zero attached hydrogens (tertiary/aromatic N) is 2. The third-order valence-corrected chi connectivity index (χ3v) is 2.54. The SMILES string of the molecule is Cc1[nH]n(-c2ccccc2Cl)c(=O)c1N=O. The molecule has 2 aromatic rings. The fourth-order valence-electron chi connectivity index (χ4n) is 1.45. The van der Waals surface area contributed by atoms with E-state index in [1.54, 1.807) is 31.2 Å². The Morgan fingerprint density at radius 3 is 2.62 bits per heavy atom. The van der Waals surface area contributed by atoms with E-state index in [2.05, 4.69) is 10.3 Å². The van der Waals surface area contributed by atoms with Gasteiger partial charge in [-0.15, -0.1) is 4.91 Å². The average Bonchev–Trinajstić information content (AvgIpc) is 2.55. The molecule has 1 aromatic carbocycles. The molecule has 0 saturated heterocycles. The first-order valence-corrected chi connectivity index (χ1v) is 4.93. The van der Waals surface area contributed by atoms with Crippen molar-refractivity contribution in [2.45, 2.75) is 6.92 Å². The predicted molar refractivity (Wildman–Crippen MR) is 61.6 cm³/mol. The highest BCUT2D eigenvalue weighted by atomic mass is 35.5. The Bertz CT molecular complexity index is 600. The molecule has 82 valence electrons. The molecule has 2 rings (SSSR count). The van der Waals surface area contributed by atoms with E-state index in [1.807, 2.05) is 0 Å². The van der Waals surface area contributed by atoms with Crippen molar-refractivity contribution >= 4 is 17.3 Å². The van der Waals surface area contributed by atoms with Crippen molar-refractivity contribution in [3.8, 4) is 5.69 Å². The topological polar surface area (TPSA) is 67.2 Å². The number of aromatic amines is 1. The summed E-state index contributed by atoms with van der Waals surface area (Å²) in [6.07, 6.45) is 0. The molecule has 1 N–H and O–H groups in total. The Morgan fingerprint density at radius 1 is 1.38 bits per heavy atom. The van der Waals surface area contributed by atoms with Gasteiger partial charge in [0.2, 0.25) is 0 Å². The van der Waals surface area contributed by atoms with Gasteiger partial charge in [0.1, 0.15) is 0 Å². The second-order valence-electron chi connectivity index (χ2n) is 3.27. The maximum Gasteiger partial charge on any atom is 0.301 e. The highest BCUT2D eigenvalue weighted by Crippen LogP contribution is 2.19. The van der Waals surface area contributed by atoms with E-state index >= 15 is 0 Å². The highest BCUT2D eigenvalue weighted by molar-refractivity contribution is 6.32. The Labute approximate surface area is 95.6 Å². The molecule has 1 heterocycles. The molecular formula is C10H8ClN3O2. The van der Waals surface area contributed by atoms with Gasteiger partial charge >= 0.3 is 5.56 Å². The minimum absolute atomic E-state index is 0.125. The van der Waals surface area contributed by atoms with Gasteiger partial charge < -0.3 is 0 Å². The first-order valence-electron chi connectivity index (χ1n) is 4.55. The highest BCUT2D eigenvalue weighted by Gasteiger charge is 2.14. The molecule has 0 saturated carbocycles. The summed E-state index contributed by atoms with van der Waals surface area (Å²) in [4.78, 5) is 22.2. The molecule has 0 aliphatic carbocycles. The Kier molecular flexibility index (Phi) is 2.62. The molecule has 0 unspecified atom stereocenters. The first-order chi connectivity index (χ1) is 7.65. The lowest BCUT2D eigenvalue weighted by atomic mass is 10.3. The Balaban J connectivity index is 2.71. The molecular weight excluding hydrogens is 230 g/mol. The van der Waals surface area contributed by atoms with Crippen molar-refractivity contribution in [1.82, 2.24) is 9.78 Å². The molecule has 16 heavy (non-hydrogen) atoms. The minimum atomic E-state index is -0.499. The summed E-state index contributed by atoms with van der Waals surface area (Å²) in [6, 6.07) is 6.84. The largest absolute Gasteiger partial charge is 0.301 e. The molecule has 0 bridgehead atoms. The van der Waals surface area contributed by atoms with Gasteiger partial charge in [-0.3, -0.25) is 9.89 Å². The van der Waals surface area contributed by atoms with Crippen LogP contribution in [0.3, 0.4) is 0 Å². The number of nitrogens with one attached hydrogen (secondary N) is 1. The number of aryl methyl sites for hydroxylation is 1. The lowest BCUT2D eigenvalue weighted by Crippen LogP contribution is -2.14. The van der Waals surface area contributed by atoms with Crippen LogP contribution in [-0.4, -0.2) is 9.78 Å². The Morgan fingerprint density at radius 2 is 2.06 bits per heavy atom. The standard InChI is InChI=1S/C10H8ClN3O2/c1-6-9(13-16)10(15)14(12-6)8-5-3-2-4-7(8)11/h2-5,12H,1H3. The molecule has 5 nitrogen and oxygen atoms in total. The predicted octanol–water partition coefficient (Wildman–Crippen LogP) is 2.53. The summed E-state index contributed by atoms with van der Waals surface area (Å²) in [5, 5.41) is 5.85. The van der Waals surface area contributed by atoms with Crippen LogP contribution in [0.4, 0.5) is 5.69 Å². The maximum atomic E-state index is 11.8. The van der Waals surface area contributed by atoms with Crippen molar-refractivity contribution < 1.29 is 0 Å². The van der Waals surface area contributed by atoms with Crippen LogP contribution in [-0.2, 0) is 0 Å². The normalized spacial score (nSPS) is 10.4. The third kappa shape index (κ3) is 1.55.